The smallest absolute Gasteiger partial charge is 0.148 e. The third-order valence-corrected chi connectivity index (χ3v) is 5.49. The van der Waals surface area contributed by atoms with Crippen LogP contribution in [0.3, 0.4) is 0 Å². The zero-order chi connectivity index (χ0) is 14.2. The van der Waals surface area contributed by atoms with Crippen LogP contribution in [0.5, 0.6) is 0 Å². The van der Waals surface area contributed by atoms with E-state index in [0.717, 1.165) is 4.88 Å². The molecule has 19 heavy (non-hydrogen) atoms. The van der Waals surface area contributed by atoms with E-state index in [2.05, 4.69) is 21.4 Å². The Kier molecular flexibility index (Phi) is 4.63. The summed E-state index contributed by atoms with van der Waals surface area (Å²) in [6.07, 6.45) is 0. The van der Waals surface area contributed by atoms with Crippen molar-refractivity contribution in [3.8, 4) is 0 Å². The minimum Gasteiger partial charge on any atom is -0.271 e. The highest BCUT2D eigenvalue weighted by Crippen LogP contribution is 2.35. The van der Waals surface area contributed by atoms with E-state index < -0.39 is 11.9 Å². The van der Waals surface area contributed by atoms with Crippen LogP contribution in [-0.2, 0) is 0 Å². The second-order valence-electron chi connectivity index (χ2n) is 4.25. The lowest BCUT2D eigenvalue weighted by molar-refractivity contribution is 0.564. The predicted molar refractivity (Wildman–Crippen MR) is 82.1 cm³/mol. The maximum atomic E-state index is 14.2. The third kappa shape index (κ3) is 2.85. The lowest BCUT2D eigenvalue weighted by Gasteiger charge is -2.16. The largest absolute Gasteiger partial charge is 0.271 e. The van der Waals surface area contributed by atoms with Crippen LogP contribution in [0.4, 0.5) is 4.39 Å². The minimum absolute atomic E-state index is 0.0720. The highest BCUT2D eigenvalue weighted by molar-refractivity contribution is 9.10. The maximum Gasteiger partial charge on any atom is 0.148 e. The summed E-state index contributed by atoms with van der Waals surface area (Å²) in [7, 11) is 0. The lowest BCUT2D eigenvalue weighted by atomic mass is 10.0. The van der Waals surface area contributed by atoms with E-state index in [1.807, 2.05) is 19.9 Å². The Morgan fingerprint density at radius 3 is 2.63 bits per heavy atom. The number of hydrogen-bond acceptors (Lipinski definition) is 3. The molecule has 0 aliphatic carbocycles. The zero-order valence-electron chi connectivity index (χ0n) is 10.4. The molecular formula is C13H13BrClFN2S. The van der Waals surface area contributed by atoms with Gasteiger partial charge in [-0.05, 0) is 47.5 Å². The molecule has 3 N–H and O–H groups in total. The molecule has 102 valence electrons. The van der Waals surface area contributed by atoms with Gasteiger partial charge in [0.2, 0.25) is 0 Å². The van der Waals surface area contributed by atoms with Gasteiger partial charge in [0.15, 0.2) is 0 Å². The van der Waals surface area contributed by atoms with Gasteiger partial charge in [-0.25, -0.2) is 9.82 Å². The van der Waals surface area contributed by atoms with Gasteiger partial charge in [-0.3, -0.25) is 5.84 Å². The molecule has 0 saturated carbocycles. The topological polar surface area (TPSA) is 38.0 Å². The number of hydrazine groups is 1. The molecule has 2 aromatic rings. The van der Waals surface area contributed by atoms with Crippen LogP contribution in [0, 0.1) is 19.7 Å². The van der Waals surface area contributed by atoms with E-state index in [1.54, 1.807) is 23.5 Å². The summed E-state index contributed by atoms with van der Waals surface area (Å²) in [5.41, 5.74) is 4.27. The summed E-state index contributed by atoms with van der Waals surface area (Å²) in [6, 6.07) is 5.02. The fourth-order valence-electron chi connectivity index (χ4n) is 1.83. The van der Waals surface area contributed by atoms with E-state index in [9.17, 15) is 4.39 Å². The molecule has 0 radical (unpaired) electrons. The van der Waals surface area contributed by atoms with Gasteiger partial charge < -0.3 is 0 Å². The standard InChI is InChI=1S/C13H13BrClFN2S/c1-6-5-10(19-7(6)2)13(18-17)8-3-4-9(14)11(15)12(8)16/h3-5,13,18H,17H2,1-2H3. The molecule has 0 spiro atoms. The highest BCUT2D eigenvalue weighted by Gasteiger charge is 2.21. The van der Waals surface area contributed by atoms with E-state index in [-0.39, 0.29) is 5.02 Å². The Hall–Kier alpha value is -0.460. The van der Waals surface area contributed by atoms with E-state index in [4.69, 9.17) is 17.4 Å². The Balaban J connectivity index is 2.51. The number of hydrogen-bond donors (Lipinski definition) is 2. The molecule has 0 aliphatic rings. The first-order chi connectivity index (χ1) is 8.95. The molecule has 1 unspecified atom stereocenters. The number of benzene rings is 1. The van der Waals surface area contributed by atoms with Crippen molar-refractivity contribution in [2.75, 3.05) is 0 Å². The van der Waals surface area contributed by atoms with Crippen LogP contribution in [0.1, 0.15) is 26.9 Å². The highest BCUT2D eigenvalue weighted by atomic mass is 79.9. The first-order valence-corrected chi connectivity index (χ1v) is 7.61. The molecule has 2 nitrogen and oxygen atoms in total. The Morgan fingerprint density at radius 2 is 2.11 bits per heavy atom. The third-order valence-electron chi connectivity index (χ3n) is 3.01. The summed E-state index contributed by atoms with van der Waals surface area (Å²) in [5, 5.41) is 0.0720. The minimum atomic E-state index is -0.456. The van der Waals surface area contributed by atoms with Crippen LogP contribution < -0.4 is 11.3 Å². The van der Waals surface area contributed by atoms with Crippen molar-refractivity contribution in [3.63, 3.8) is 0 Å². The molecule has 0 saturated heterocycles. The monoisotopic (exact) mass is 362 g/mol. The van der Waals surface area contributed by atoms with Crippen LogP contribution in [-0.4, -0.2) is 0 Å². The van der Waals surface area contributed by atoms with Crippen molar-refractivity contribution in [2.45, 2.75) is 19.9 Å². The van der Waals surface area contributed by atoms with Gasteiger partial charge in [0, 0.05) is 19.8 Å². The Morgan fingerprint density at radius 1 is 1.42 bits per heavy atom. The van der Waals surface area contributed by atoms with E-state index in [1.165, 1.54) is 10.4 Å². The fourth-order valence-corrected chi connectivity index (χ4v) is 3.43. The molecule has 1 aromatic heterocycles. The van der Waals surface area contributed by atoms with Crippen LogP contribution in [0.2, 0.25) is 5.02 Å². The number of thiophene rings is 1. The van der Waals surface area contributed by atoms with Crippen molar-refractivity contribution in [1.82, 2.24) is 5.43 Å². The quantitative estimate of drug-likeness (QED) is 0.479. The van der Waals surface area contributed by atoms with Crippen LogP contribution >= 0.6 is 38.9 Å². The Labute approximate surface area is 128 Å². The second kappa shape index (κ2) is 5.89. The van der Waals surface area contributed by atoms with Gasteiger partial charge in [-0.1, -0.05) is 17.7 Å². The average Bonchev–Trinajstić information content (AvgIpc) is 2.70. The van der Waals surface area contributed by atoms with Gasteiger partial charge in [0.1, 0.15) is 5.82 Å². The lowest BCUT2D eigenvalue weighted by Crippen LogP contribution is -2.29. The predicted octanol–water partition coefficient (Wildman–Crippen LogP) is 4.47. The van der Waals surface area contributed by atoms with Gasteiger partial charge in [0.05, 0.1) is 11.1 Å². The van der Waals surface area contributed by atoms with E-state index >= 15 is 0 Å². The first kappa shape index (κ1) is 14.9. The van der Waals surface area contributed by atoms with Gasteiger partial charge in [-0.15, -0.1) is 11.3 Å². The number of aryl methyl sites for hydroxylation is 2. The number of nitrogens with one attached hydrogen (secondary N) is 1. The molecule has 0 fully saturated rings. The number of halogens is 3. The summed E-state index contributed by atoms with van der Waals surface area (Å²) in [4.78, 5) is 2.16. The average molecular weight is 364 g/mol. The maximum absolute atomic E-state index is 14.2. The normalized spacial score (nSPS) is 12.7. The van der Waals surface area contributed by atoms with E-state index in [0.29, 0.717) is 10.0 Å². The summed E-state index contributed by atoms with van der Waals surface area (Å²) >= 11 is 10.7. The fraction of sp³-hybridized carbons (Fsp3) is 0.231. The molecule has 1 aromatic carbocycles. The van der Waals surface area contributed by atoms with Gasteiger partial charge >= 0.3 is 0 Å². The molecule has 2 rings (SSSR count). The van der Waals surface area contributed by atoms with Crippen molar-refractivity contribution in [2.24, 2.45) is 5.84 Å². The second-order valence-corrected chi connectivity index (χ2v) is 6.77. The number of nitrogens with two attached hydrogens (primary N) is 1. The molecule has 0 aliphatic heterocycles. The molecular weight excluding hydrogens is 351 g/mol. The molecule has 1 heterocycles. The van der Waals surface area contributed by atoms with Crippen molar-refractivity contribution in [1.29, 1.82) is 0 Å². The zero-order valence-corrected chi connectivity index (χ0v) is 13.6. The van der Waals surface area contributed by atoms with Crippen molar-refractivity contribution in [3.05, 3.63) is 54.4 Å². The molecule has 0 amide bonds. The first-order valence-electron chi connectivity index (χ1n) is 5.62. The van der Waals surface area contributed by atoms with Gasteiger partial charge in [0.25, 0.3) is 0 Å². The Bertz CT molecular complexity index is 595. The van der Waals surface area contributed by atoms with Crippen LogP contribution in [0.25, 0.3) is 0 Å². The molecule has 6 heteroatoms. The van der Waals surface area contributed by atoms with Crippen molar-refractivity contribution >= 4 is 38.9 Å². The van der Waals surface area contributed by atoms with Gasteiger partial charge in [-0.2, -0.15) is 0 Å². The molecule has 1 atom stereocenters. The van der Waals surface area contributed by atoms with Crippen LogP contribution in [0.15, 0.2) is 22.7 Å². The molecule has 0 bridgehead atoms. The SMILES string of the molecule is Cc1cc(C(NN)c2ccc(Br)c(Cl)c2F)sc1C. The van der Waals surface area contributed by atoms with Crippen molar-refractivity contribution < 1.29 is 4.39 Å². The summed E-state index contributed by atoms with van der Waals surface area (Å²) in [5.74, 6) is 5.13. The summed E-state index contributed by atoms with van der Waals surface area (Å²) in [6.45, 7) is 4.05. The summed E-state index contributed by atoms with van der Waals surface area (Å²) < 4.78 is 14.8. The number of rotatable bonds is 3.